The predicted octanol–water partition coefficient (Wildman–Crippen LogP) is 3.64. The highest BCUT2D eigenvalue weighted by Gasteiger charge is 2.21. The molecule has 0 saturated heterocycles. The number of sulfone groups is 1. The molecule has 5 nitrogen and oxygen atoms in total. The monoisotopic (exact) mass is 411 g/mol. The lowest BCUT2D eigenvalue weighted by atomic mass is 10.2. The summed E-state index contributed by atoms with van der Waals surface area (Å²) in [5, 5.41) is 19.0. The van der Waals surface area contributed by atoms with E-state index in [0.29, 0.717) is 5.56 Å². The maximum absolute atomic E-state index is 13.0. The lowest BCUT2D eigenvalue weighted by molar-refractivity contribution is 0.372. The largest absolute Gasteiger partial charge is 0.503 e. The predicted molar refractivity (Wildman–Crippen MR) is 89.5 cm³/mol. The molecule has 0 bridgehead atoms. The number of hydrogen-bond acceptors (Lipinski definition) is 5. The summed E-state index contributed by atoms with van der Waals surface area (Å²) in [7, 11) is -2.75. The van der Waals surface area contributed by atoms with Crippen molar-refractivity contribution in [2.24, 2.45) is 0 Å². The van der Waals surface area contributed by atoms with Crippen molar-refractivity contribution in [2.75, 3.05) is 7.11 Å². The molecule has 0 spiro atoms. The summed E-state index contributed by atoms with van der Waals surface area (Å²) in [6.07, 6.45) is 1.14. The Morgan fingerprint density at radius 3 is 2.50 bits per heavy atom. The molecule has 8 heteroatoms. The summed E-state index contributed by atoms with van der Waals surface area (Å²) in [4.78, 5) is -0.713. The van der Waals surface area contributed by atoms with E-state index in [1.165, 1.54) is 19.2 Å². The zero-order valence-electron chi connectivity index (χ0n) is 12.3. The number of hydrogen-bond donors (Lipinski definition) is 1. The van der Waals surface area contributed by atoms with Gasteiger partial charge in [0.15, 0.2) is 11.5 Å². The van der Waals surface area contributed by atoms with Gasteiger partial charge in [-0.05, 0) is 64.0 Å². The molecule has 0 radical (unpaired) electrons. The second-order valence-corrected chi connectivity index (χ2v) is 7.40. The molecule has 0 heterocycles. The standard InChI is InChI=1S/C16H11BrFNO4S/c1-23-15-8-10(7-14(17)16(15)20)6-13(9-19)24(21,22)12-4-2-11(18)3-5-12/h2-8,20H,1H3. The molecule has 0 fully saturated rings. The average Bonchev–Trinajstić information content (AvgIpc) is 2.55. The van der Waals surface area contributed by atoms with Crippen LogP contribution in [-0.2, 0) is 9.84 Å². The Bertz CT molecular complexity index is 947. The van der Waals surface area contributed by atoms with Gasteiger partial charge < -0.3 is 9.84 Å². The molecule has 24 heavy (non-hydrogen) atoms. The second-order valence-electron chi connectivity index (χ2n) is 4.63. The molecule has 2 rings (SSSR count). The van der Waals surface area contributed by atoms with Gasteiger partial charge in [0.25, 0.3) is 0 Å². The van der Waals surface area contributed by atoms with Crippen LogP contribution in [0.3, 0.4) is 0 Å². The van der Waals surface area contributed by atoms with Crippen molar-refractivity contribution in [3.8, 4) is 17.6 Å². The van der Waals surface area contributed by atoms with E-state index < -0.39 is 20.6 Å². The fraction of sp³-hybridized carbons (Fsp3) is 0.0625. The minimum absolute atomic E-state index is 0.118. The molecule has 0 aromatic heterocycles. The zero-order chi connectivity index (χ0) is 17.9. The normalized spacial score (nSPS) is 11.8. The maximum Gasteiger partial charge on any atom is 0.216 e. The van der Waals surface area contributed by atoms with Crippen molar-refractivity contribution in [3.05, 3.63) is 57.2 Å². The summed E-state index contributed by atoms with van der Waals surface area (Å²) in [5.41, 5.74) is 0.332. The van der Waals surface area contributed by atoms with E-state index in [9.17, 15) is 23.2 Å². The van der Waals surface area contributed by atoms with E-state index in [0.717, 1.165) is 30.3 Å². The average molecular weight is 412 g/mol. The number of nitriles is 1. The fourth-order valence-corrected chi connectivity index (χ4v) is 3.51. The third-order valence-corrected chi connectivity index (χ3v) is 5.38. The number of methoxy groups -OCH3 is 1. The first kappa shape index (κ1) is 18.0. The maximum atomic E-state index is 13.0. The van der Waals surface area contributed by atoms with Crippen LogP contribution in [0.15, 0.2) is 50.7 Å². The number of nitrogens with zero attached hydrogens (tertiary/aromatic N) is 1. The number of phenolic OH excluding ortho intramolecular Hbond substituents is 1. The summed E-state index contributed by atoms with van der Waals surface area (Å²) in [6, 6.07) is 8.64. The number of benzene rings is 2. The molecule has 0 unspecified atom stereocenters. The lowest BCUT2D eigenvalue weighted by Gasteiger charge is -2.07. The first-order valence-electron chi connectivity index (χ1n) is 6.48. The summed E-state index contributed by atoms with van der Waals surface area (Å²) < 4.78 is 43.2. The smallest absolute Gasteiger partial charge is 0.216 e. The van der Waals surface area contributed by atoms with Gasteiger partial charge in [0.1, 0.15) is 16.8 Å². The van der Waals surface area contributed by atoms with Crippen molar-refractivity contribution >= 4 is 31.8 Å². The lowest BCUT2D eigenvalue weighted by Crippen LogP contribution is -2.03. The van der Waals surface area contributed by atoms with E-state index >= 15 is 0 Å². The van der Waals surface area contributed by atoms with E-state index in [2.05, 4.69) is 15.9 Å². The molecule has 0 aliphatic carbocycles. The highest BCUT2D eigenvalue weighted by Crippen LogP contribution is 2.36. The number of halogens is 2. The van der Waals surface area contributed by atoms with E-state index in [-0.39, 0.29) is 20.9 Å². The zero-order valence-corrected chi connectivity index (χ0v) is 14.7. The van der Waals surface area contributed by atoms with Crippen LogP contribution >= 0.6 is 15.9 Å². The Morgan fingerprint density at radius 2 is 1.96 bits per heavy atom. The van der Waals surface area contributed by atoms with Crippen molar-refractivity contribution in [1.82, 2.24) is 0 Å². The Balaban J connectivity index is 2.56. The number of ether oxygens (including phenoxy) is 1. The number of phenols is 1. The first-order chi connectivity index (χ1) is 11.3. The van der Waals surface area contributed by atoms with Crippen LogP contribution in [0.4, 0.5) is 4.39 Å². The van der Waals surface area contributed by atoms with Crippen LogP contribution in [0.2, 0.25) is 0 Å². The Labute approximate surface area is 146 Å². The van der Waals surface area contributed by atoms with Crippen LogP contribution in [-0.4, -0.2) is 20.6 Å². The Morgan fingerprint density at radius 1 is 1.33 bits per heavy atom. The summed E-state index contributed by atoms with van der Waals surface area (Å²) in [6.45, 7) is 0. The van der Waals surface area contributed by atoms with E-state index in [4.69, 9.17) is 4.74 Å². The third-order valence-electron chi connectivity index (χ3n) is 3.09. The van der Waals surface area contributed by atoms with Crippen LogP contribution in [0.5, 0.6) is 11.5 Å². The number of aromatic hydroxyl groups is 1. The van der Waals surface area contributed by atoms with Gasteiger partial charge in [-0.3, -0.25) is 0 Å². The molecular formula is C16H11BrFNO4S. The molecule has 124 valence electrons. The topological polar surface area (TPSA) is 87.4 Å². The summed E-state index contributed by atoms with van der Waals surface area (Å²) >= 11 is 3.12. The van der Waals surface area contributed by atoms with Gasteiger partial charge in [-0.25, -0.2) is 12.8 Å². The van der Waals surface area contributed by atoms with Gasteiger partial charge in [-0.15, -0.1) is 0 Å². The van der Waals surface area contributed by atoms with Gasteiger partial charge in [0.05, 0.1) is 16.5 Å². The molecule has 0 saturated carbocycles. The van der Waals surface area contributed by atoms with Gasteiger partial charge in [0, 0.05) is 0 Å². The van der Waals surface area contributed by atoms with Crippen LogP contribution in [0.1, 0.15) is 5.56 Å². The third kappa shape index (κ3) is 3.58. The quantitative estimate of drug-likeness (QED) is 0.612. The first-order valence-corrected chi connectivity index (χ1v) is 8.76. The molecule has 0 atom stereocenters. The molecular weight excluding hydrogens is 401 g/mol. The Kier molecular flexibility index (Phi) is 5.26. The molecule has 0 aliphatic rings. The molecule has 0 amide bonds. The van der Waals surface area contributed by atoms with Gasteiger partial charge in [0.2, 0.25) is 9.84 Å². The SMILES string of the molecule is COc1cc(C=C(C#N)S(=O)(=O)c2ccc(F)cc2)cc(Br)c1O. The van der Waals surface area contributed by atoms with Crippen LogP contribution < -0.4 is 4.74 Å². The molecule has 2 aromatic carbocycles. The van der Waals surface area contributed by atoms with Crippen LogP contribution in [0, 0.1) is 17.1 Å². The van der Waals surface area contributed by atoms with Gasteiger partial charge in [-0.1, -0.05) is 0 Å². The molecule has 1 N–H and O–H groups in total. The van der Waals surface area contributed by atoms with E-state index in [1.54, 1.807) is 6.07 Å². The van der Waals surface area contributed by atoms with Crippen LogP contribution in [0.25, 0.3) is 6.08 Å². The molecule has 0 aliphatic heterocycles. The Hall–Kier alpha value is -2.37. The summed E-state index contributed by atoms with van der Waals surface area (Å²) in [5.74, 6) is -0.606. The van der Waals surface area contributed by atoms with Crippen molar-refractivity contribution < 1.29 is 22.7 Å². The minimum Gasteiger partial charge on any atom is -0.503 e. The molecule has 2 aromatic rings. The van der Waals surface area contributed by atoms with Gasteiger partial charge in [-0.2, -0.15) is 5.26 Å². The number of rotatable bonds is 4. The minimum atomic E-state index is -4.09. The van der Waals surface area contributed by atoms with Crippen molar-refractivity contribution in [3.63, 3.8) is 0 Å². The second kappa shape index (κ2) is 7.03. The number of allylic oxidation sites excluding steroid dienone is 1. The van der Waals surface area contributed by atoms with E-state index in [1.807, 2.05) is 0 Å². The van der Waals surface area contributed by atoms with Crippen molar-refractivity contribution in [1.29, 1.82) is 5.26 Å². The van der Waals surface area contributed by atoms with Crippen molar-refractivity contribution in [2.45, 2.75) is 4.90 Å². The highest BCUT2D eigenvalue weighted by molar-refractivity contribution is 9.10. The fourth-order valence-electron chi connectivity index (χ4n) is 1.89. The van der Waals surface area contributed by atoms with Gasteiger partial charge >= 0.3 is 0 Å². The highest BCUT2D eigenvalue weighted by atomic mass is 79.9.